The van der Waals surface area contributed by atoms with Crippen molar-refractivity contribution in [2.45, 2.75) is 0 Å². The van der Waals surface area contributed by atoms with E-state index in [0.717, 1.165) is 66.8 Å². The van der Waals surface area contributed by atoms with Gasteiger partial charge in [0.1, 0.15) is 5.69 Å². The Labute approximate surface area is 283 Å². The molecule has 0 atom stereocenters. The van der Waals surface area contributed by atoms with Gasteiger partial charge in [-0.1, -0.05) is 121 Å². The fourth-order valence-corrected chi connectivity index (χ4v) is 6.43. The van der Waals surface area contributed by atoms with Gasteiger partial charge in [0.25, 0.3) is 0 Å². The summed E-state index contributed by atoms with van der Waals surface area (Å²) in [6.45, 7) is 0. The Morgan fingerprint density at radius 1 is 0.408 bits per heavy atom. The SMILES string of the molecule is c1ccc(-c2nc(-c3ccccc3)nc(-c3ccc(-c4ccnc(-c5nc6ccccc6n5-c5ccccc5)c4)c4ccccc34)n2)cc1. The normalized spacial score (nSPS) is 11.3. The summed E-state index contributed by atoms with van der Waals surface area (Å²) >= 11 is 0. The first-order chi connectivity index (χ1) is 24.3. The average molecular weight is 629 g/mol. The molecule has 0 spiro atoms. The molecule has 0 aliphatic rings. The van der Waals surface area contributed by atoms with Gasteiger partial charge in [-0.25, -0.2) is 19.9 Å². The molecular weight excluding hydrogens is 601 g/mol. The molecular formula is C43H28N6. The van der Waals surface area contributed by atoms with E-state index in [1.165, 1.54) is 0 Å². The maximum absolute atomic E-state index is 5.05. The molecule has 0 bridgehead atoms. The van der Waals surface area contributed by atoms with Crippen molar-refractivity contribution in [3.63, 3.8) is 0 Å². The van der Waals surface area contributed by atoms with Crippen molar-refractivity contribution in [3.8, 4) is 62.5 Å². The highest BCUT2D eigenvalue weighted by molar-refractivity contribution is 6.04. The average Bonchev–Trinajstić information content (AvgIpc) is 3.58. The number of nitrogens with zero attached hydrogens (tertiary/aromatic N) is 6. The van der Waals surface area contributed by atoms with Gasteiger partial charge >= 0.3 is 0 Å². The third-order valence-corrected chi connectivity index (χ3v) is 8.74. The van der Waals surface area contributed by atoms with Crippen molar-refractivity contribution in [1.29, 1.82) is 0 Å². The first-order valence-electron chi connectivity index (χ1n) is 16.2. The van der Waals surface area contributed by atoms with Crippen molar-refractivity contribution in [2.75, 3.05) is 0 Å². The van der Waals surface area contributed by atoms with Gasteiger partial charge in [0, 0.05) is 28.6 Å². The summed E-state index contributed by atoms with van der Waals surface area (Å²) in [5.41, 5.74) is 8.74. The smallest absolute Gasteiger partial charge is 0.164 e. The predicted octanol–water partition coefficient (Wildman–Crippen LogP) is 10.1. The van der Waals surface area contributed by atoms with Crippen LogP contribution < -0.4 is 0 Å². The van der Waals surface area contributed by atoms with Crippen LogP contribution >= 0.6 is 0 Å². The van der Waals surface area contributed by atoms with Crippen LogP contribution in [0.15, 0.2) is 170 Å². The molecule has 0 amide bonds. The molecule has 6 heteroatoms. The molecule has 49 heavy (non-hydrogen) atoms. The zero-order chi connectivity index (χ0) is 32.6. The molecule has 0 saturated carbocycles. The summed E-state index contributed by atoms with van der Waals surface area (Å²) in [6, 6.07) is 55.5. The molecule has 0 aliphatic heterocycles. The van der Waals surface area contributed by atoms with E-state index in [1.807, 2.05) is 103 Å². The van der Waals surface area contributed by atoms with E-state index in [4.69, 9.17) is 24.9 Å². The fourth-order valence-electron chi connectivity index (χ4n) is 6.43. The van der Waals surface area contributed by atoms with Crippen LogP contribution in [0.3, 0.4) is 0 Å². The molecule has 0 radical (unpaired) electrons. The molecule has 230 valence electrons. The van der Waals surface area contributed by atoms with Crippen LogP contribution in [0.1, 0.15) is 0 Å². The molecule has 9 rings (SSSR count). The molecule has 9 aromatic rings. The molecule has 0 fully saturated rings. The molecule has 0 unspecified atom stereocenters. The molecule has 0 aliphatic carbocycles. The number of aromatic nitrogens is 6. The highest BCUT2D eigenvalue weighted by Gasteiger charge is 2.18. The predicted molar refractivity (Wildman–Crippen MR) is 197 cm³/mol. The number of rotatable bonds is 6. The minimum Gasteiger partial charge on any atom is -0.291 e. The molecule has 3 heterocycles. The quantitative estimate of drug-likeness (QED) is 0.183. The van der Waals surface area contributed by atoms with Crippen molar-refractivity contribution in [1.82, 2.24) is 29.5 Å². The summed E-state index contributed by atoms with van der Waals surface area (Å²) in [5.74, 6) is 2.69. The van der Waals surface area contributed by atoms with Gasteiger partial charge in [0.15, 0.2) is 23.3 Å². The lowest BCUT2D eigenvalue weighted by Crippen LogP contribution is -2.01. The molecule has 3 aromatic heterocycles. The van der Waals surface area contributed by atoms with Crippen molar-refractivity contribution in [2.24, 2.45) is 0 Å². The van der Waals surface area contributed by atoms with Gasteiger partial charge in [-0.15, -0.1) is 0 Å². The molecule has 0 saturated heterocycles. The van der Waals surface area contributed by atoms with Crippen LogP contribution in [0.2, 0.25) is 0 Å². The van der Waals surface area contributed by atoms with Crippen LogP contribution in [0.25, 0.3) is 84.3 Å². The second kappa shape index (κ2) is 12.1. The van der Waals surface area contributed by atoms with E-state index in [1.54, 1.807) is 0 Å². The highest BCUT2D eigenvalue weighted by Crippen LogP contribution is 2.37. The number of pyridine rings is 1. The van der Waals surface area contributed by atoms with Gasteiger partial charge < -0.3 is 0 Å². The third-order valence-electron chi connectivity index (χ3n) is 8.74. The summed E-state index contributed by atoms with van der Waals surface area (Å²) in [7, 11) is 0. The topological polar surface area (TPSA) is 69.4 Å². The summed E-state index contributed by atoms with van der Waals surface area (Å²) in [5, 5.41) is 2.15. The van der Waals surface area contributed by atoms with E-state index in [2.05, 4.69) is 71.3 Å². The van der Waals surface area contributed by atoms with E-state index in [0.29, 0.717) is 17.5 Å². The van der Waals surface area contributed by atoms with Crippen molar-refractivity contribution < 1.29 is 0 Å². The Morgan fingerprint density at radius 3 is 1.65 bits per heavy atom. The second-order valence-corrected chi connectivity index (χ2v) is 11.8. The summed E-state index contributed by atoms with van der Waals surface area (Å²) < 4.78 is 2.18. The second-order valence-electron chi connectivity index (χ2n) is 11.8. The maximum atomic E-state index is 5.05. The largest absolute Gasteiger partial charge is 0.291 e. The van der Waals surface area contributed by atoms with Crippen molar-refractivity contribution in [3.05, 3.63) is 170 Å². The lowest BCUT2D eigenvalue weighted by molar-refractivity contribution is 1.08. The van der Waals surface area contributed by atoms with E-state index in [9.17, 15) is 0 Å². The van der Waals surface area contributed by atoms with Crippen LogP contribution in [-0.4, -0.2) is 29.5 Å². The number of hydrogen-bond donors (Lipinski definition) is 0. The summed E-state index contributed by atoms with van der Waals surface area (Å²) in [4.78, 5) is 24.8. The lowest BCUT2D eigenvalue weighted by atomic mass is 9.94. The van der Waals surface area contributed by atoms with E-state index >= 15 is 0 Å². The molecule has 0 N–H and O–H groups in total. The Kier molecular flexibility index (Phi) is 7.02. The Bertz CT molecular complexity index is 2540. The van der Waals surface area contributed by atoms with Crippen LogP contribution in [-0.2, 0) is 0 Å². The lowest BCUT2D eigenvalue weighted by Gasteiger charge is -2.14. The standard InChI is InChI=1S/C43H28N6/c1-4-14-29(15-5-1)40-46-41(30-16-6-2-7-17-30)48-42(47-40)36-25-24-33(34-20-10-11-21-35(34)36)31-26-27-44-38(28-31)43-45-37-22-12-13-23-39(37)49(43)32-18-8-3-9-19-32/h1-28H. The maximum Gasteiger partial charge on any atom is 0.164 e. The van der Waals surface area contributed by atoms with Gasteiger partial charge in [-0.3, -0.25) is 9.55 Å². The van der Waals surface area contributed by atoms with E-state index in [-0.39, 0.29) is 0 Å². The summed E-state index contributed by atoms with van der Waals surface area (Å²) in [6.07, 6.45) is 1.87. The van der Waals surface area contributed by atoms with Gasteiger partial charge in [-0.05, 0) is 64.4 Å². The minimum atomic E-state index is 0.627. The van der Waals surface area contributed by atoms with Crippen LogP contribution in [0.4, 0.5) is 0 Å². The number of benzene rings is 6. The molecule has 6 aromatic carbocycles. The zero-order valence-corrected chi connectivity index (χ0v) is 26.3. The highest BCUT2D eigenvalue weighted by atomic mass is 15.1. The van der Waals surface area contributed by atoms with Crippen molar-refractivity contribution >= 4 is 21.8 Å². The third kappa shape index (κ3) is 5.22. The Hall–Kier alpha value is -6.79. The minimum absolute atomic E-state index is 0.627. The Balaban J connectivity index is 1.20. The number of para-hydroxylation sites is 3. The number of hydrogen-bond acceptors (Lipinski definition) is 5. The monoisotopic (exact) mass is 628 g/mol. The fraction of sp³-hybridized carbons (Fsp3) is 0. The first kappa shape index (κ1) is 28.4. The van der Waals surface area contributed by atoms with Gasteiger partial charge in [0.2, 0.25) is 0 Å². The van der Waals surface area contributed by atoms with Gasteiger partial charge in [0.05, 0.1) is 11.0 Å². The van der Waals surface area contributed by atoms with Crippen LogP contribution in [0.5, 0.6) is 0 Å². The van der Waals surface area contributed by atoms with Crippen LogP contribution in [0, 0.1) is 0 Å². The van der Waals surface area contributed by atoms with Gasteiger partial charge in [-0.2, -0.15) is 0 Å². The Morgan fingerprint density at radius 2 is 0.959 bits per heavy atom. The molecule has 6 nitrogen and oxygen atoms in total. The first-order valence-corrected chi connectivity index (χ1v) is 16.2. The number of imidazole rings is 1. The van der Waals surface area contributed by atoms with E-state index < -0.39 is 0 Å². The zero-order valence-electron chi connectivity index (χ0n) is 26.3. The number of fused-ring (bicyclic) bond motifs is 2.